The van der Waals surface area contributed by atoms with Crippen LogP contribution in [0.2, 0.25) is 0 Å². The first-order valence-electron chi connectivity index (χ1n) is 16.8. The predicted octanol–water partition coefficient (Wildman–Crippen LogP) is 4.98. The van der Waals surface area contributed by atoms with E-state index < -0.39 is 41.1 Å². The number of hydrogen-bond donors (Lipinski definition) is 3. The van der Waals surface area contributed by atoms with Gasteiger partial charge in [-0.2, -0.15) is 0 Å². The maximum absolute atomic E-state index is 14.0. The number of anilines is 1. The zero-order valence-corrected chi connectivity index (χ0v) is 29.6. The van der Waals surface area contributed by atoms with Gasteiger partial charge in [0.2, 0.25) is 11.8 Å². The van der Waals surface area contributed by atoms with Crippen LogP contribution in [-0.4, -0.2) is 75.1 Å². The van der Waals surface area contributed by atoms with Crippen molar-refractivity contribution >= 4 is 29.6 Å². The third-order valence-electron chi connectivity index (χ3n) is 8.29. The Balaban J connectivity index is 1.54. The lowest BCUT2D eigenvalue weighted by atomic mass is 9.97. The number of rotatable bonds is 12. The van der Waals surface area contributed by atoms with Crippen LogP contribution < -0.4 is 16.0 Å². The molecule has 1 fully saturated rings. The number of carbonyl (C=O) groups excluding carboxylic acids is 4. The number of nitrogens with zero attached hydrogens (tertiary/aromatic N) is 3. The molecule has 12 nitrogen and oxygen atoms in total. The SMILES string of the molecule is Cc1nc(NC(=O)[C@@H](COCc2ccccc2)NC(=O)C(C)(C)NC(=O)OC(C)(C)C)cn1C(C(=O)N1CCC(C)CC1)c1ccccc1. The Bertz CT molecular complexity index is 1580. The van der Waals surface area contributed by atoms with Gasteiger partial charge in [0.1, 0.15) is 29.0 Å². The minimum absolute atomic E-state index is 0.0318. The highest BCUT2D eigenvalue weighted by Gasteiger charge is 2.35. The number of benzene rings is 2. The average Bonchev–Trinajstić information content (AvgIpc) is 3.39. The fraction of sp³-hybridized carbons (Fsp3) is 0.486. The van der Waals surface area contributed by atoms with Crippen molar-refractivity contribution < 1.29 is 28.7 Å². The number of aromatic nitrogens is 2. The molecule has 3 aromatic rings. The van der Waals surface area contributed by atoms with Crippen molar-refractivity contribution in [1.29, 1.82) is 0 Å². The highest BCUT2D eigenvalue weighted by atomic mass is 16.6. The van der Waals surface area contributed by atoms with Gasteiger partial charge in [0.25, 0.3) is 5.91 Å². The van der Waals surface area contributed by atoms with E-state index in [4.69, 9.17) is 9.47 Å². The lowest BCUT2D eigenvalue weighted by Crippen LogP contribution is -2.59. The third kappa shape index (κ3) is 10.6. The third-order valence-corrected chi connectivity index (χ3v) is 8.29. The summed E-state index contributed by atoms with van der Waals surface area (Å²) in [5.74, 6) is 0.0970. The van der Waals surface area contributed by atoms with Crippen molar-refractivity contribution in [2.45, 2.75) is 91.1 Å². The summed E-state index contributed by atoms with van der Waals surface area (Å²) in [6.07, 6.45) is 2.77. The van der Waals surface area contributed by atoms with Crippen molar-refractivity contribution in [3.63, 3.8) is 0 Å². The molecule has 0 bridgehead atoms. The molecule has 264 valence electrons. The summed E-state index contributed by atoms with van der Waals surface area (Å²) in [6, 6.07) is 17.1. The van der Waals surface area contributed by atoms with Gasteiger partial charge < -0.3 is 34.9 Å². The van der Waals surface area contributed by atoms with E-state index in [2.05, 4.69) is 27.9 Å². The van der Waals surface area contributed by atoms with E-state index in [0.29, 0.717) is 24.8 Å². The Kier molecular flexibility index (Phi) is 12.2. The lowest BCUT2D eigenvalue weighted by molar-refractivity contribution is -0.135. The first kappa shape index (κ1) is 37.1. The Hall–Kier alpha value is -4.71. The molecular weight excluding hydrogens is 624 g/mol. The highest BCUT2D eigenvalue weighted by Crippen LogP contribution is 2.27. The average molecular weight is 675 g/mol. The molecule has 1 unspecified atom stereocenters. The second kappa shape index (κ2) is 16.1. The fourth-order valence-corrected chi connectivity index (χ4v) is 5.49. The van der Waals surface area contributed by atoms with Crippen molar-refractivity contribution in [2.75, 3.05) is 25.0 Å². The molecule has 4 rings (SSSR count). The number of ether oxygens (including phenoxy) is 2. The Morgan fingerprint density at radius 3 is 2.16 bits per heavy atom. The topological polar surface area (TPSA) is 144 Å². The lowest BCUT2D eigenvalue weighted by Gasteiger charge is -2.33. The number of imidazole rings is 1. The number of amides is 4. The van der Waals surface area contributed by atoms with Crippen LogP contribution in [0.5, 0.6) is 0 Å². The zero-order valence-electron chi connectivity index (χ0n) is 29.6. The van der Waals surface area contributed by atoms with Crippen molar-refractivity contribution in [3.8, 4) is 0 Å². The summed E-state index contributed by atoms with van der Waals surface area (Å²) in [6.45, 7) is 13.6. The van der Waals surface area contributed by atoms with Gasteiger partial charge in [-0.15, -0.1) is 0 Å². The van der Waals surface area contributed by atoms with Crippen LogP contribution in [-0.2, 0) is 30.5 Å². The van der Waals surface area contributed by atoms with Gasteiger partial charge in [0, 0.05) is 19.3 Å². The van der Waals surface area contributed by atoms with Crippen LogP contribution in [0.1, 0.15) is 77.4 Å². The van der Waals surface area contributed by atoms with Crippen LogP contribution >= 0.6 is 0 Å². The molecule has 0 saturated carbocycles. The summed E-state index contributed by atoms with van der Waals surface area (Å²) < 4.78 is 13.0. The molecule has 0 aliphatic carbocycles. The summed E-state index contributed by atoms with van der Waals surface area (Å²) in [4.78, 5) is 60.1. The van der Waals surface area contributed by atoms with Crippen LogP contribution in [0.15, 0.2) is 66.9 Å². The molecule has 1 aliphatic heterocycles. The largest absolute Gasteiger partial charge is 0.444 e. The number of nitrogens with one attached hydrogen (secondary N) is 3. The maximum atomic E-state index is 14.0. The molecule has 12 heteroatoms. The molecule has 4 amide bonds. The van der Waals surface area contributed by atoms with Crippen LogP contribution in [0, 0.1) is 12.8 Å². The normalized spacial score (nSPS) is 15.2. The molecule has 1 aromatic heterocycles. The minimum atomic E-state index is -1.42. The first-order chi connectivity index (χ1) is 23.1. The molecule has 1 aliphatic rings. The number of likely N-dealkylation sites (tertiary alicyclic amines) is 1. The maximum Gasteiger partial charge on any atom is 0.408 e. The molecule has 2 atom stereocenters. The van der Waals surface area contributed by atoms with E-state index in [-0.39, 0.29) is 24.9 Å². The zero-order chi connectivity index (χ0) is 35.8. The molecule has 2 aromatic carbocycles. The first-order valence-corrected chi connectivity index (χ1v) is 16.8. The minimum Gasteiger partial charge on any atom is -0.444 e. The Labute approximate surface area is 288 Å². The predicted molar refractivity (Wildman–Crippen MR) is 187 cm³/mol. The quantitative estimate of drug-likeness (QED) is 0.246. The highest BCUT2D eigenvalue weighted by molar-refractivity contribution is 5.98. The van der Waals surface area contributed by atoms with E-state index in [0.717, 1.165) is 24.0 Å². The van der Waals surface area contributed by atoms with E-state index in [1.54, 1.807) is 38.5 Å². The fourth-order valence-electron chi connectivity index (χ4n) is 5.49. The van der Waals surface area contributed by atoms with Crippen molar-refractivity contribution in [3.05, 3.63) is 83.8 Å². The summed E-state index contributed by atoms with van der Waals surface area (Å²) in [7, 11) is 0. The van der Waals surface area contributed by atoms with E-state index >= 15 is 0 Å². The molecule has 0 spiro atoms. The van der Waals surface area contributed by atoms with E-state index in [1.807, 2.05) is 65.6 Å². The standard InChI is InChI=1S/C37H50N6O6/c1-25-18-20-42(21-19-25)33(45)31(28-16-12-9-13-17-28)43-22-30(38-26(43)2)40-32(44)29(24-48-23-27-14-10-8-11-15-27)39-34(46)37(6,7)41-35(47)49-36(3,4)5/h8-17,22,25,29,31H,18-21,23-24H2,1-7H3,(H,39,46)(H,40,44)(H,41,47)/t29-,31?/m1/s1. The smallest absolute Gasteiger partial charge is 0.408 e. The van der Waals surface area contributed by atoms with Gasteiger partial charge in [-0.3, -0.25) is 14.4 Å². The van der Waals surface area contributed by atoms with Gasteiger partial charge in [0.15, 0.2) is 5.82 Å². The van der Waals surface area contributed by atoms with E-state index in [1.165, 1.54) is 13.8 Å². The molecular formula is C37H50N6O6. The van der Waals surface area contributed by atoms with Crippen LogP contribution in [0.25, 0.3) is 0 Å². The molecule has 49 heavy (non-hydrogen) atoms. The summed E-state index contributed by atoms with van der Waals surface area (Å²) >= 11 is 0. The molecule has 0 radical (unpaired) electrons. The second-order valence-corrected chi connectivity index (χ2v) is 14.2. The Morgan fingerprint density at radius 2 is 1.55 bits per heavy atom. The molecule has 1 saturated heterocycles. The van der Waals surface area contributed by atoms with Crippen LogP contribution in [0.3, 0.4) is 0 Å². The number of hydrogen-bond acceptors (Lipinski definition) is 7. The van der Waals surface area contributed by atoms with Crippen molar-refractivity contribution in [1.82, 2.24) is 25.1 Å². The summed E-state index contributed by atoms with van der Waals surface area (Å²) in [5, 5.41) is 8.10. The Morgan fingerprint density at radius 1 is 0.939 bits per heavy atom. The second-order valence-electron chi connectivity index (χ2n) is 14.2. The van der Waals surface area contributed by atoms with E-state index in [9.17, 15) is 19.2 Å². The number of carbonyl (C=O) groups is 4. The number of aryl methyl sites for hydroxylation is 1. The van der Waals surface area contributed by atoms with Gasteiger partial charge in [0.05, 0.1) is 13.2 Å². The number of piperidine rings is 1. The van der Waals surface area contributed by atoms with Crippen LogP contribution in [0.4, 0.5) is 10.6 Å². The van der Waals surface area contributed by atoms with Gasteiger partial charge in [-0.1, -0.05) is 67.6 Å². The van der Waals surface area contributed by atoms with Gasteiger partial charge in [-0.25, -0.2) is 9.78 Å². The van der Waals surface area contributed by atoms with Crippen molar-refractivity contribution in [2.24, 2.45) is 5.92 Å². The molecule has 3 N–H and O–H groups in total. The van der Waals surface area contributed by atoms with Gasteiger partial charge in [-0.05, 0) is 71.4 Å². The van der Waals surface area contributed by atoms with Gasteiger partial charge >= 0.3 is 6.09 Å². The number of alkyl carbamates (subject to hydrolysis) is 1. The monoisotopic (exact) mass is 674 g/mol. The molecule has 2 heterocycles. The summed E-state index contributed by atoms with van der Waals surface area (Å²) in [5.41, 5.74) is -0.478.